The third kappa shape index (κ3) is 4.60. The van der Waals surface area contributed by atoms with Crippen LogP contribution in [0.3, 0.4) is 0 Å². The lowest BCUT2D eigenvalue weighted by Crippen LogP contribution is -2.33. The largest absolute Gasteiger partial charge is 0.396 e. The van der Waals surface area contributed by atoms with Crippen molar-refractivity contribution in [2.75, 3.05) is 13.2 Å². The fourth-order valence-electron chi connectivity index (χ4n) is 3.34. The number of aliphatic hydroxyl groups excluding tert-OH is 1. The molecule has 1 aliphatic carbocycles. The van der Waals surface area contributed by atoms with Crippen LogP contribution in [-0.4, -0.2) is 18.3 Å². The molecule has 0 amide bonds. The third-order valence-electron chi connectivity index (χ3n) is 4.59. The highest BCUT2D eigenvalue weighted by Gasteiger charge is 2.24. The van der Waals surface area contributed by atoms with Gasteiger partial charge in [-0.15, -0.1) is 0 Å². The fourth-order valence-corrected chi connectivity index (χ4v) is 3.34. The molecule has 20 heavy (non-hydrogen) atoms. The van der Waals surface area contributed by atoms with E-state index in [-0.39, 0.29) is 0 Å². The molecular weight excluding hydrogens is 246 g/mol. The monoisotopic (exact) mass is 275 g/mol. The van der Waals surface area contributed by atoms with Crippen molar-refractivity contribution in [3.05, 3.63) is 35.9 Å². The van der Waals surface area contributed by atoms with Crippen molar-refractivity contribution in [3.8, 4) is 0 Å². The first-order valence-corrected chi connectivity index (χ1v) is 8.20. The van der Waals surface area contributed by atoms with E-state index < -0.39 is 0 Å². The summed E-state index contributed by atoms with van der Waals surface area (Å²) in [5.74, 6) is 1.31. The molecule has 2 N–H and O–H groups in total. The Labute approximate surface area is 123 Å². The SMILES string of the molecule is CC(CCO)CNC(c1ccccc1)C1CCCCC1. The number of hydrogen-bond acceptors (Lipinski definition) is 2. The Morgan fingerprint density at radius 2 is 1.85 bits per heavy atom. The van der Waals surface area contributed by atoms with E-state index >= 15 is 0 Å². The molecule has 2 rings (SSSR count). The standard InChI is InChI=1S/C18H29NO/c1-15(12-13-20)14-19-18(16-8-4-2-5-9-16)17-10-6-3-7-11-17/h2,4-5,8-9,15,17-20H,3,6-7,10-14H2,1H3. The maximum Gasteiger partial charge on any atom is 0.0434 e. The van der Waals surface area contributed by atoms with E-state index in [0.717, 1.165) is 18.9 Å². The zero-order valence-corrected chi connectivity index (χ0v) is 12.7. The summed E-state index contributed by atoms with van der Waals surface area (Å²) in [6.07, 6.45) is 7.74. The van der Waals surface area contributed by atoms with E-state index in [1.165, 1.54) is 37.7 Å². The predicted molar refractivity (Wildman–Crippen MR) is 84.6 cm³/mol. The van der Waals surface area contributed by atoms with Gasteiger partial charge in [0.2, 0.25) is 0 Å². The molecule has 2 heteroatoms. The van der Waals surface area contributed by atoms with Gasteiger partial charge in [-0.25, -0.2) is 0 Å². The number of rotatable bonds is 7. The van der Waals surface area contributed by atoms with Crippen LogP contribution in [0.4, 0.5) is 0 Å². The smallest absolute Gasteiger partial charge is 0.0434 e. The first-order valence-electron chi connectivity index (χ1n) is 8.20. The van der Waals surface area contributed by atoms with Crippen molar-refractivity contribution in [3.63, 3.8) is 0 Å². The van der Waals surface area contributed by atoms with E-state index in [1.807, 2.05) is 0 Å². The highest BCUT2D eigenvalue weighted by atomic mass is 16.3. The van der Waals surface area contributed by atoms with Gasteiger partial charge < -0.3 is 10.4 Å². The molecule has 1 aliphatic rings. The van der Waals surface area contributed by atoms with Crippen molar-refractivity contribution >= 4 is 0 Å². The zero-order chi connectivity index (χ0) is 14.2. The average molecular weight is 275 g/mol. The van der Waals surface area contributed by atoms with Crippen LogP contribution < -0.4 is 5.32 Å². The minimum atomic E-state index is 0.294. The molecule has 0 saturated heterocycles. The van der Waals surface area contributed by atoms with Gasteiger partial charge in [-0.2, -0.15) is 0 Å². The second kappa shape index (κ2) is 8.43. The van der Waals surface area contributed by atoms with Gasteiger partial charge in [-0.3, -0.25) is 0 Å². The van der Waals surface area contributed by atoms with Crippen LogP contribution in [0.25, 0.3) is 0 Å². The van der Waals surface area contributed by atoms with Crippen molar-refractivity contribution in [2.45, 2.75) is 51.5 Å². The van der Waals surface area contributed by atoms with Crippen molar-refractivity contribution in [1.82, 2.24) is 5.32 Å². The van der Waals surface area contributed by atoms with E-state index in [9.17, 15) is 0 Å². The molecular formula is C18H29NO. The number of hydrogen-bond donors (Lipinski definition) is 2. The van der Waals surface area contributed by atoms with Gasteiger partial charge in [0.1, 0.15) is 0 Å². The Balaban J connectivity index is 2.00. The summed E-state index contributed by atoms with van der Waals surface area (Å²) in [4.78, 5) is 0. The Morgan fingerprint density at radius 1 is 1.15 bits per heavy atom. The van der Waals surface area contributed by atoms with E-state index in [0.29, 0.717) is 18.6 Å². The summed E-state index contributed by atoms with van der Waals surface area (Å²) < 4.78 is 0. The number of nitrogens with one attached hydrogen (secondary N) is 1. The molecule has 0 bridgehead atoms. The molecule has 1 aromatic carbocycles. The molecule has 0 aromatic heterocycles. The molecule has 1 saturated carbocycles. The predicted octanol–water partition coefficient (Wildman–Crippen LogP) is 3.92. The number of benzene rings is 1. The van der Waals surface area contributed by atoms with Crippen LogP contribution in [0.1, 0.15) is 57.1 Å². The van der Waals surface area contributed by atoms with Crippen LogP contribution in [0.2, 0.25) is 0 Å². The normalized spacial score (nSPS) is 19.7. The van der Waals surface area contributed by atoms with Crippen molar-refractivity contribution in [2.24, 2.45) is 11.8 Å². The Morgan fingerprint density at radius 3 is 2.50 bits per heavy atom. The lowest BCUT2D eigenvalue weighted by atomic mass is 9.81. The second-order valence-electron chi connectivity index (χ2n) is 6.31. The first kappa shape index (κ1) is 15.5. The van der Waals surface area contributed by atoms with Gasteiger partial charge >= 0.3 is 0 Å². The summed E-state index contributed by atoms with van der Waals surface area (Å²) in [6, 6.07) is 11.4. The molecule has 2 nitrogen and oxygen atoms in total. The van der Waals surface area contributed by atoms with Gasteiger partial charge in [-0.1, -0.05) is 56.5 Å². The van der Waals surface area contributed by atoms with E-state index in [4.69, 9.17) is 5.11 Å². The van der Waals surface area contributed by atoms with Crippen molar-refractivity contribution < 1.29 is 5.11 Å². The van der Waals surface area contributed by atoms with Crippen LogP contribution in [0.5, 0.6) is 0 Å². The van der Waals surface area contributed by atoms with Gasteiger partial charge in [0, 0.05) is 12.6 Å². The average Bonchev–Trinajstić information content (AvgIpc) is 2.50. The lowest BCUT2D eigenvalue weighted by molar-refractivity contribution is 0.238. The minimum absolute atomic E-state index is 0.294. The summed E-state index contributed by atoms with van der Waals surface area (Å²) in [7, 11) is 0. The molecule has 2 unspecified atom stereocenters. The molecule has 112 valence electrons. The highest BCUT2D eigenvalue weighted by Crippen LogP contribution is 2.34. The summed E-state index contributed by atoms with van der Waals surface area (Å²) in [5, 5.41) is 12.8. The summed E-state index contributed by atoms with van der Waals surface area (Å²) in [6.45, 7) is 3.51. The second-order valence-corrected chi connectivity index (χ2v) is 6.31. The Bertz CT molecular complexity index is 359. The third-order valence-corrected chi connectivity index (χ3v) is 4.59. The molecule has 0 radical (unpaired) electrons. The first-order chi connectivity index (χ1) is 9.81. The maximum absolute atomic E-state index is 9.04. The lowest BCUT2D eigenvalue weighted by Gasteiger charge is -2.32. The molecule has 0 aliphatic heterocycles. The van der Waals surface area contributed by atoms with Gasteiger partial charge in [0.15, 0.2) is 0 Å². The zero-order valence-electron chi connectivity index (χ0n) is 12.7. The maximum atomic E-state index is 9.04. The minimum Gasteiger partial charge on any atom is -0.396 e. The van der Waals surface area contributed by atoms with Gasteiger partial charge in [-0.05, 0) is 43.2 Å². The molecule has 2 atom stereocenters. The molecule has 1 fully saturated rings. The van der Waals surface area contributed by atoms with Crippen LogP contribution in [0.15, 0.2) is 30.3 Å². The molecule has 1 aromatic rings. The summed E-state index contributed by atoms with van der Waals surface area (Å²) in [5.41, 5.74) is 1.43. The highest BCUT2D eigenvalue weighted by molar-refractivity contribution is 5.20. The van der Waals surface area contributed by atoms with Crippen molar-refractivity contribution in [1.29, 1.82) is 0 Å². The Kier molecular flexibility index (Phi) is 6.55. The van der Waals surface area contributed by atoms with Crippen LogP contribution >= 0.6 is 0 Å². The van der Waals surface area contributed by atoms with E-state index in [1.54, 1.807) is 0 Å². The topological polar surface area (TPSA) is 32.3 Å². The van der Waals surface area contributed by atoms with Gasteiger partial charge in [0.05, 0.1) is 0 Å². The fraction of sp³-hybridized carbons (Fsp3) is 0.667. The number of aliphatic hydroxyl groups is 1. The van der Waals surface area contributed by atoms with Crippen LogP contribution in [0, 0.1) is 11.8 Å². The molecule has 0 heterocycles. The summed E-state index contributed by atoms with van der Waals surface area (Å²) >= 11 is 0. The Hall–Kier alpha value is -0.860. The van der Waals surface area contributed by atoms with E-state index in [2.05, 4.69) is 42.6 Å². The van der Waals surface area contributed by atoms with Gasteiger partial charge in [0.25, 0.3) is 0 Å². The molecule has 0 spiro atoms. The van der Waals surface area contributed by atoms with Crippen LogP contribution in [-0.2, 0) is 0 Å². The quantitative estimate of drug-likeness (QED) is 0.790.